The molecule has 0 aliphatic heterocycles. The zero-order valence-corrected chi connectivity index (χ0v) is 15.4. The summed E-state index contributed by atoms with van der Waals surface area (Å²) in [5.41, 5.74) is 5.09. The van der Waals surface area contributed by atoms with Crippen molar-refractivity contribution in [1.82, 2.24) is 14.0 Å². The second-order valence-corrected chi connectivity index (χ2v) is 6.71. The predicted octanol–water partition coefficient (Wildman–Crippen LogP) is 3.55. The van der Waals surface area contributed by atoms with Gasteiger partial charge in [0.15, 0.2) is 0 Å². The maximum atomic E-state index is 13.0. The molecule has 4 rings (SSSR count). The van der Waals surface area contributed by atoms with Gasteiger partial charge < -0.3 is 4.57 Å². The summed E-state index contributed by atoms with van der Waals surface area (Å²) < 4.78 is 3.41. The third kappa shape index (κ3) is 2.87. The van der Waals surface area contributed by atoms with Gasteiger partial charge in [-0.1, -0.05) is 30.3 Å². The van der Waals surface area contributed by atoms with Crippen molar-refractivity contribution < 1.29 is 4.79 Å². The number of fused-ring (bicyclic) bond motifs is 1. The number of aryl methyl sites for hydroxylation is 3. The van der Waals surface area contributed by atoms with Crippen molar-refractivity contribution in [3.05, 3.63) is 93.8 Å². The van der Waals surface area contributed by atoms with Crippen LogP contribution < -0.4 is 5.56 Å². The molecular formula is C22H19N3O2. The molecule has 0 radical (unpaired) electrons. The van der Waals surface area contributed by atoms with Crippen LogP contribution in [0.3, 0.4) is 0 Å². The Kier molecular flexibility index (Phi) is 4.00. The molecule has 27 heavy (non-hydrogen) atoms. The van der Waals surface area contributed by atoms with Crippen molar-refractivity contribution in [2.75, 3.05) is 0 Å². The number of nitrogens with zero attached hydrogens (tertiary/aromatic N) is 3. The third-order valence-corrected chi connectivity index (χ3v) is 4.74. The Morgan fingerprint density at radius 2 is 1.70 bits per heavy atom. The normalized spacial score (nSPS) is 11.1. The highest BCUT2D eigenvalue weighted by Crippen LogP contribution is 2.23. The van der Waals surface area contributed by atoms with Crippen LogP contribution in [-0.4, -0.2) is 19.7 Å². The standard InChI is InChI=1S/C22H19N3O2/c1-14-11-18(12-24(3)22(14)27)17-9-10-19-23-15(2)20(25(19)13-17)21(26)16-7-5-4-6-8-16/h4-13H,1-3H3. The Hall–Kier alpha value is -3.47. The summed E-state index contributed by atoms with van der Waals surface area (Å²) >= 11 is 0. The summed E-state index contributed by atoms with van der Waals surface area (Å²) in [4.78, 5) is 29.5. The summed E-state index contributed by atoms with van der Waals surface area (Å²) in [5, 5.41) is 0. The molecule has 0 amide bonds. The van der Waals surface area contributed by atoms with Gasteiger partial charge in [-0.15, -0.1) is 0 Å². The van der Waals surface area contributed by atoms with E-state index in [0.717, 1.165) is 16.8 Å². The van der Waals surface area contributed by atoms with Crippen molar-refractivity contribution >= 4 is 11.4 Å². The van der Waals surface area contributed by atoms with Crippen LogP contribution in [0.5, 0.6) is 0 Å². The molecule has 4 aromatic rings. The van der Waals surface area contributed by atoms with Gasteiger partial charge in [-0.3, -0.25) is 14.0 Å². The summed E-state index contributed by atoms with van der Waals surface area (Å²) in [6.07, 6.45) is 3.71. The molecule has 5 nitrogen and oxygen atoms in total. The number of rotatable bonds is 3. The first kappa shape index (κ1) is 17.0. The zero-order valence-electron chi connectivity index (χ0n) is 15.4. The molecule has 0 unspecified atom stereocenters. The first-order chi connectivity index (χ1) is 13.0. The lowest BCUT2D eigenvalue weighted by Crippen LogP contribution is -2.18. The van der Waals surface area contributed by atoms with Crippen molar-refractivity contribution in [2.45, 2.75) is 13.8 Å². The van der Waals surface area contributed by atoms with Gasteiger partial charge in [0.25, 0.3) is 5.56 Å². The fraction of sp³-hybridized carbons (Fsp3) is 0.136. The quantitative estimate of drug-likeness (QED) is 0.527. The molecule has 0 spiro atoms. The van der Waals surface area contributed by atoms with Crippen LogP contribution >= 0.6 is 0 Å². The molecule has 0 aliphatic rings. The summed E-state index contributed by atoms with van der Waals surface area (Å²) in [6, 6.07) is 14.9. The SMILES string of the molecule is Cc1nc2ccc(-c3cc(C)c(=O)n(C)c3)cn2c1C(=O)c1ccccc1. The number of hydrogen-bond donors (Lipinski definition) is 0. The number of benzene rings is 1. The number of hydrogen-bond acceptors (Lipinski definition) is 3. The number of ketones is 1. The Bertz CT molecular complexity index is 1210. The molecule has 3 heterocycles. The van der Waals surface area contributed by atoms with E-state index in [2.05, 4.69) is 4.98 Å². The van der Waals surface area contributed by atoms with Gasteiger partial charge in [0, 0.05) is 30.6 Å². The van der Waals surface area contributed by atoms with E-state index in [9.17, 15) is 9.59 Å². The van der Waals surface area contributed by atoms with Crippen molar-refractivity contribution in [3.63, 3.8) is 0 Å². The van der Waals surface area contributed by atoms with Crippen LogP contribution in [0, 0.1) is 13.8 Å². The first-order valence-corrected chi connectivity index (χ1v) is 8.72. The summed E-state index contributed by atoms with van der Waals surface area (Å²) in [6.45, 7) is 3.65. The minimum Gasteiger partial charge on any atom is -0.318 e. The molecule has 1 aromatic carbocycles. The minimum absolute atomic E-state index is 0.0155. The Morgan fingerprint density at radius 1 is 0.963 bits per heavy atom. The summed E-state index contributed by atoms with van der Waals surface area (Å²) in [7, 11) is 1.74. The maximum Gasteiger partial charge on any atom is 0.253 e. The molecule has 3 aromatic heterocycles. The third-order valence-electron chi connectivity index (χ3n) is 4.74. The zero-order chi connectivity index (χ0) is 19.1. The number of aromatic nitrogens is 3. The van der Waals surface area contributed by atoms with Crippen LogP contribution in [-0.2, 0) is 7.05 Å². The predicted molar refractivity (Wildman–Crippen MR) is 105 cm³/mol. The molecule has 0 saturated carbocycles. The highest BCUT2D eigenvalue weighted by atomic mass is 16.1. The highest BCUT2D eigenvalue weighted by Gasteiger charge is 2.18. The lowest BCUT2D eigenvalue weighted by atomic mass is 10.1. The first-order valence-electron chi connectivity index (χ1n) is 8.72. The van der Waals surface area contributed by atoms with Crippen molar-refractivity contribution in [3.8, 4) is 11.1 Å². The highest BCUT2D eigenvalue weighted by molar-refractivity contribution is 6.09. The molecule has 0 saturated heterocycles. The van der Waals surface area contributed by atoms with Crippen LogP contribution in [0.4, 0.5) is 0 Å². The molecule has 0 atom stereocenters. The monoisotopic (exact) mass is 357 g/mol. The van der Waals surface area contributed by atoms with Gasteiger partial charge in [-0.2, -0.15) is 0 Å². The van der Waals surface area contributed by atoms with Crippen LogP contribution in [0.25, 0.3) is 16.8 Å². The number of imidazole rings is 1. The van der Waals surface area contributed by atoms with Gasteiger partial charge in [-0.25, -0.2) is 4.98 Å². The fourth-order valence-electron chi connectivity index (χ4n) is 3.37. The van der Waals surface area contributed by atoms with Crippen LogP contribution in [0.2, 0.25) is 0 Å². The van der Waals surface area contributed by atoms with Gasteiger partial charge >= 0.3 is 0 Å². The number of carbonyl (C=O) groups is 1. The molecule has 134 valence electrons. The lowest BCUT2D eigenvalue weighted by molar-refractivity contribution is 0.103. The van der Waals surface area contributed by atoms with Crippen LogP contribution in [0.1, 0.15) is 27.3 Å². The Balaban J connectivity index is 1.90. The number of carbonyl (C=O) groups excluding carboxylic acids is 1. The molecule has 5 heteroatoms. The van der Waals surface area contributed by atoms with Crippen molar-refractivity contribution in [1.29, 1.82) is 0 Å². The topological polar surface area (TPSA) is 56.4 Å². The lowest BCUT2D eigenvalue weighted by Gasteiger charge is -2.08. The molecular weight excluding hydrogens is 338 g/mol. The largest absolute Gasteiger partial charge is 0.318 e. The van der Waals surface area contributed by atoms with Gasteiger partial charge in [-0.05, 0) is 43.2 Å². The van der Waals surface area contributed by atoms with E-state index < -0.39 is 0 Å². The van der Waals surface area contributed by atoms with E-state index in [4.69, 9.17) is 0 Å². The second kappa shape index (κ2) is 6.36. The smallest absolute Gasteiger partial charge is 0.253 e. The van der Waals surface area contributed by atoms with Gasteiger partial charge in [0.2, 0.25) is 5.78 Å². The van der Waals surface area contributed by atoms with E-state index in [1.54, 1.807) is 36.9 Å². The number of pyridine rings is 2. The van der Waals surface area contributed by atoms with E-state index in [0.29, 0.717) is 22.5 Å². The van der Waals surface area contributed by atoms with Gasteiger partial charge in [0.05, 0.1) is 5.69 Å². The average molecular weight is 357 g/mol. The van der Waals surface area contributed by atoms with E-state index in [-0.39, 0.29) is 11.3 Å². The van der Waals surface area contributed by atoms with E-state index in [1.165, 1.54) is 0 Å². The second-order valence-electron chi connectivity index (χ2n) is 6.71. The van der Waals surface area contributed by atoms with E-state index >= 15 is 0 Å². The van der Waals surface area contributed by atoms with Gasteiger partial charge in [0.1, 0.15) is 11.3 Å². The fourth-order valence-corrected chi connectivity index (χ4v) is 3.37. The maximum absolute atomic E-state index is 13.0. The average Bonchev–Trinajstić information content (AvgIpc) is 3.00. The van der Waals surface area contributed by atoms with Crippen LogP contribution in [0.15, 0.2) is 65.7 Å². The Morgan fingerprint density at radius 3 is 2.41 bits per heavy atom. The molecule has 0 N–H and O–H groups in total. The molecule has 0 bridgehead atoms. The molecule has 0 aliphatic carbocycles. The Labute approximate surface area is 156 Å². The minimum atomic E-state index is -0.0607. The molecule has 0 fully saturated rings. The van der Waals surface area contributed by atoms with Crippen molar-refractivity contribution in [2.24, 2.45) is 7.05 Å². The van der Waals surface area contributed by atoms with E-state index in [1.807, 2.05) is 53.9 Å². The summed E-state index contributed by atoms with van der Waals surface area (Å²) in [5.74, 6) is -0.0607.